The third kappa shape index (κ3) is 4.57. The van der Waals surface area contributed by atoms with Gasteiger partial charge in [0, 0.05) is 25.6 Å². The summed E-state index contributed by atoms with van der Waals surface area (Å²) < 4.78 is 29.4. The van der Waals surface area contributed by atoms with Gasteiger partial charge in [-0.15, -0.1) is 0 Å². The Morgan fingerprint density at radius 3 is 2.43 bits per heavy atom. The first-order valence-electron chi connectivity index (χ1n) is 10.4. The van der Waals surface area contributed by atoms with E-state index in [9.17, 15) is 13.2 Å². The van der Waals surface area contributed by atoms with Crippen molar-refractivity contribution in [3.63, 3.8) is 0 Å². The molecule has 1 N–H and O–H groups in total. The Balaban J connectivity index is 1.53. The summed E-state index contributed by atoms with van der Waals surface area (Å²) in [6.07, 6.45) is 5.92. The van der Waals surface area contributed by atoms with Crippen molar-refractivity contribution in [1.29, 1.82) is 0 Å². The van der Waals surface area contributed by atoms with Gasteiger partial charge < -0.3 is 10.1 Å². The second-order valence-corrected chi connectivity index (χ2v) is 11.0. The molecule has 0 unspecified atom stereocenters. The Bertz CT molecular complexity index is 999. The van der Waals surface area contributed by atoms with Crippen molar-refractivity contribution in [3.05, 3.63) is 54.4 Å². The molecular formula is C23H28N2O4S. The van der Waals surface area contributed by atoms with Crippen LogP contribution in [-0.4, -0.2) is 49.6 Å². The zero-order chi connectivity index (χ0) is 21.2. The van der Waals surface area contributed by atoms with Crippen LogP contribution in [0.2, 0.25) is 0 Å². The maximum atomic E-state index is 13.4. The molecule has 1 aromatic heterocycles. The van der Waals surface area contributed by atoms with E-state index in [-0.39, 0.29) is 17.4 Å². The largest absolute Gasteiger partial charge is 0.381 e. The van der Waals surface area contributed by atoms with Gasteiger partial charge in [-0.1, -0.05) is 30.3 Å². The van der Waals surface area contributed by atoms with Crippen LogP contribution in [-0.2, 0) is 25.8 Å². The third-order valence-electron chi connectivity index (χ3n) is 6.34. The van der Waals surface area contributed by atoms with E-state index in [4.69, 9.17) is 4.74 Å². The maximum Gasteiger partial charge on any atom is 0.227 e. The van der Waals surface area contributed by atoms with E-state index in [1.165, 1.54) is 0 Å². The SMILES string of the molecule is C[C@@]1(NC(=O)C2(Cc3ccc(-c4cccnc4)cc3)CCOCC2)CCS(=O)(=O)C1. The summed E-state index contributed by atoms with van der Waals surface area (Å²) in [7, 11) is -3.08. The number of carbonyl (C=O) groups excluding carboxylic acids is 1. The number of ether oxygens (including phenoxy) is 1. The summed E-state index contributed by atoms with van der Waals surface area (Å²) in [4.78, 5) is 17.6. The van der Waals surface area contributed by atoms with Gasteiger partial charge >= 0.3 is 0 Å². The smallest absolute Gasteiger partial charge is 0.227 e. The number of aromatic nitrogens is 1. The summed E-state index contributed by atoms with van der Waals surface area (Å²) >= 11 is 0. The van der Waals surface area contributed by atoms with Crippen molar-refractivity contribution in [2.75, 3.05) is 24.7 Å². The molecule has 2 saturated heterocycles. The van der Waals surface area contributed by atoms with Crippen molar-refractivity contribution in [2.24, 2.45) is 5.41 Å². The normalized spacial score (nSPS) is 25.0. The van der Waals surface area contributed by atoms with Crippen LogP contribution in [0.15, 0.2) is 48.8 Å². The topological polar surface area (TPSA) is 85.4 Å². The number of nitrogens with one attached hydrogen (secondary N) is 1. The van der Waals surface area contributed by atoms with Crippen molar-refractivity contribution >= 4 is 15.7 Å². The Labute approximate surface area is 178 Å². The Hall–Kier alpha value is -2.25. The molecule has 7 heteroatoms. The minimum atomic E-state index is -3.08. The van der Waals surface area contributed by atoms with Crippen LogP contribution in [0.4, 0.5) is 0 Å². The van der Waals surface area contributed by atoms with Crippen molar-refractivity contribution < 1.29 is 17.9 Å². The van der Waals surface area contributed by atoms with Crippen LogP contribution in [0.1, 0.15) is 31.7 Å². The van der Waals surface area contributed by atoms with E-state index in [1.54, 1.807) is 6.20 Å². The molecule has 2 aromatic rings. The maximum absolute atomic E-state index is 13.4. The van der Waals surface area contributed by atoms with Gasteiger partial charge in [-0.25, -0.2) is 8.42 Å². The quantitative estimate of drug-likeness (QED) is 0.792. The van der Waals surface area contributed by atoms with E-state index in [2.05, 4.69) is 34.6 Å². The fourth-order valence-electron chi connectivity index (χ4n) is 4.50. The molecular weight excluding hydrogens is 400 g/mol. The van der Waals surface area contributed by atoms with E-state index < -0.39 is 20.8 Å². The summed E-state index contributed by atoms with van der Waals surface area (Å²) in [5.41, 5.74) is 1.96. The minimum Gasteiger partial charge on any atom is -0.381 e. The first kappa shape index (κ1) is 21.0. The fraction of sp³-hybridized carbons (Fsp3) is 0.478. The minimum absolute atomic E-state index is 0.0120. The molecule has 0 aliphatic carbocycles. The number of amides is 1. The molecule has 160 valence electrons. The lowest BCUT2D eigenvalue weighted by atomic mass is 9.73. The number of nitrogens with zero attached hydrogens (tertiary/aromatic N) is 1. The number of hydrogen-bond donors (Lipinski definition) is 1. The first-order valence-corrected chi connectivity index (χ1v) is 12.2. The van der Waals surface area contributed by atoms with E-state index in [1.807, 2.05) is 25.3 Å². The van der Waals surface area contributed by atoms with Crippen molar-refractivity contribution in [2.45, 2.75) is 38.1 Å². The zero-order valence-corrected chi connectivity index (χ0v) is 18.1. The van der Waals surface area contributed by atoms with E-state index in [0.29, 0.717) is 38.9 Å². The molecule has 30 heavy (non-hydrogen) atoms. The standard InChI is InChI=1S/C23H28N2O4S/c1-22(10-14-30(27,28)17-22)25-21(26)23(8-12-29-13-9-23)15-18-4-6-19(7-5-18)20-3-2-11-24-16-20/h2-7,11,16H,8-10,12-15,17H2,1H3,(H,25,26)/t22-/m1/s1. The number of sulfone groups is 1. The summed E-state index contributed by atoms with van der Waals surface area (Å²) in [6, 6.07) is 12.2. The Morgan fingerprint density at radius 2 is 1.83 bits per heavy atom. The second kappa shape index (κ2) is 8.12. The second-order valence-electron chi connectivity index (χ2n) is 8.86. The Morgan fingerprint density at radius 1 is 1.10 bits per heavy atom. The predicted octanol–water partition coefficient (Wildman–Crippen LogP) is 2.78. The molecule has 3 heterocycles. The van der Waals surface area contributed by atoms with Crippen LogP contribution < -0.4 is 5.32 Å². The average molecular weight is 429 g/mol. The van der Waals surface area contributed by atoms with Crippen LogP contribution in [0.25, 0.3) is 11.1 Å². The number of carbonyl (C=O) groups is 1. The summed E-state index contributed by atoms with van der Waals surface area (Å²) in [6.45, 7) is 2.91. The van der Waals surface area contributed by atoms with Gasteiger partial charge in [0.2, 0.25) is 5.91 Å². The van der Waals surface area contributed by atoms with Crippen LogP contribution in [0.5, 0.6) is 0 Å². The molecule has 0 saturated carbocycles. The number of pyridine rings is 1. The van der Waals surface area contributed by atoms with Gasteiger partial charge in [-0.2, -0.15) is 0 Å². The molecule has 0 radical (unpaired) electrons. The number of rotatable bonds is 5. The molecule has 2 aliphatic heterocycles. The van der Waals surface area contributed by atoms with Gasteiger partial charge in [0.15, 0.2) is 9.84 Å². The van der Waals surface area contributed by atoms with E-state index >= 15 is 0 Å². The summed E-state index contributed by atoms with van der Waals surface area (Å²) in [5, 5.41) is 3.10. The highest BCUT2D eigenvalue weighted by molar-refractivity contribution is 7.91. The number of hydrogen-bond acceptors (Lipinski definition) is 5. The Kier molecular flexibility index (Phi) is 5.68. The molecule has 1 aromatic carbocycles. The number of benzene rings is 1. The molecule has 0 spiro atoms. The van der Waals surface area contributed by atoms with Gasteiger partial charge in [0.1, 0.15) is 0 Å². The van der Waals surface area contributed by atoms with Gasteiger partial charge in [0.05, 0.1) is 22.5 Å². The average Bonchev–Trinajstić information content (AvgIpc) is 3.02. The van der Waals surface area contributed by atoms with E-state index in [0.717, 1.165) is 16.7 Å². The highest BCUT2D eigenvalue weighted by Crippen LogP contribution is 2.37. The molecule has 4 rings (SSSR count). The fourth-order valence-corrected chi connectivity index (χ4v) is 6.59. The summed E-state index contributed by atoms with van der Waals surface area (Å²) in [5.74, 6) is 0.0927. The van der Waals surface area contributed by atoms with Crippen molar-refractivity contribution in [1.82, 2.24) is 10.3 Å². The van der Waals surface area contributed by atoms with Crippen LogP contribution in [0, 0.1) is 5.41 Å². The third-order valence-corrected chi connectivity index (χ3v) is 8.24. The molecule has 0 bridgehead atoms. The molecule has 2 fully saturated rings. The monoisotopic (exact) mass is 428 g/mol. The molecule has 2 aliphatic rings. The first-order chi connectivity index (χ1) is 14.3. The molecule has 1 atom stereocenters. The highest BCUT2D eigenvalue weighted by atomic mass is 32.2. The van der Waals surface area contributed by atoms with Gasteiger partial charge in [0.25, 0.3) is 0 Å². The molecule has 1 amide bonds. The van der Waals surface area contributed by atoms with Crippen LogP contribution in [0.3, 0.4) is 0 Å². The van der Waals surface area contributed by atoms with Crippen molar-refractivity contribution in [3.8, 4) is 11.1 Å². The lowest BCUT2D eigenvalue weighted by Crippen LogP contribution is -2.55. The van der Waals surface area contributed by atoms with Gasteiger partial charge in [-0.05, 0) is 55.4 Å². The predicted molar refractivity (Wildman–Crippen MR) is 116 cm³/mol. The molecule has 6 nitrogen and oxygen atoms in total. The lowest BCUT2D eigenvalue weighted by Gasteiger charge is -2.38. The lowest BCUT2D eigenvalue weighted by molar-refractivity contribution is -0.138. The van der Waals surface area contributed by atoms with Crippen LogP contribution >= 0.6 is 0 Å². The van der Waals surface area contributed by atoms with Gasteiger partial charge in [-0.3, -0.25) is 9.78 Å². The zero-order valence-electron chi connectivity index (χ0n) is 17.3. The highest BCUT2D eigenvalue weighted by Gasteiger charge is 2.46.